The molecule has 1 aromatic carbocycles. The van der Waals surface area contributed by atoms with E-state index in [2.05, 4.69) is 22.6 Å². The van der Waals surface area contributed by atoms with Gasteiger partial charge in [-0.25, -0.2) is 0 Å². The van der Waals surface area contributed by atoms with E-state index < -0.39 is 0 Å². The third kappa shape index (κ3) is 4.64. The van der Waals surface area contributed by atoms with Crippen LogP contribution >= 0.6 is 22.6 Å². The summed E-state index contributed by atoms with van der Waals surface area (Å²) < 4.78 is 6.37. The van der Waals surface area contributed by atoms with Crippen LogP contribution in [0.2, 0.25) is 0 Å². The number of carbonyl (C=O) groups is 1. The van der Waals surface area contributed by atoms with Crippen LogP contribution in [0.4, 0.5) is 0 Å². The fraction of sp³-hybridized carbons (Fsp3) is 0.417. The zero-order valence-electron chi connectivity index (χ0n) is 9.00. The molecule has 1 aromatic rings. The van der Waals surface area contributed by atoms with Gasteiger partial charge in [-0.05, 0) is 53.6 Å². The van der Waals surface area contributed by atoms with Crippen LogP contribution in [-0.4, -0.2) is 12.1 Å². The maximum atomic E-state index is 11.4. The van der Waals surface area contributed by atoms with Crippen molar-refractivity contribution in [3.63, 3.8) is 0 Å². The number of hydrogen-bond acceptors (Lipinski definition) is 2. The van der Waals surface area contributed by atoms with E-state index in [1.807, 2.05) is 38.1 Å². The molecule has 0 aliphatic heterocycles. The van der Waals surface area contributed by atoms with E-state index >= 15 is 0 Å². The second-order valence-corrected chi connectivity index (χ2v) is 4.76. The summed E-state index contributed by atoms with van der Waals surface area (Å²) in [5, 5.41) is 0. The average molecular weight is 318 g/mol. The van der Waals surface area contributed by atoms with E-state index in [0.717, 1.165) is 12.0 Å². The van der Waals surface area contributed by atoms with Crippen LogP contribution in [-0.2, 0) is 16.0 Å². The fourth-order valence-electron chi connectivity index (χ4n) is 1.12. The minimum Gasteiger partial charge on any atom is -0.462 e. The van der Waals surface area contributed by atoms with Crippen molar-refractivity contribution in [2.24, 2.45) is 0 Å². The van der Waals surface area contributed by atoms with E-state index in [9.17, 15) is 4.79 Å². The standard InChI is InChI=1S/C12H15IO2/c1-3-9(2)15-12(14)8-10-4-6-11(13)7-5-10/h4-7,9H,3,8H2,1-2H3. The summed E-state index contributed by atoms with van der Waals surface area (Å²) in [7, 11) is 0. The summed E-state index contributed by atoms with van der Waals surface area (Å²) in [6.45, 7) is 3.91. The third-order valence-electron chi connectivity index (χ3n) is 2.17. The first-order valence-corrected chi connectivity index (χ1v) is 6.13. The Hall–Kier alpha value is -0.580. The molecule has 1 atom stereocenters. The van der Waals surface area contributed by atoms with Crippen molar-refractivity contribution in [1.82, 2.24) is 0 Å². The molecule has 1 rings (SSSR count). The van der Waals surface area contributed by atoms with Gasteiger partial charge >= 0.3 is 5.97 Å². The molecule has 0 aliphatic rings. The van der Waals surface area contributed by atoms with Crippen molar-refractivity contribution < 1.29 is 9.53 Å². The van der Waals surface area contributed by atoms with Gasteiger partial charge in [-0.3, -0.25) is 4.79 Å². The van der Waals surface area contributed by atoms with Crippen LogP contribution in [0.15, 0.2) is 24.3 Å². The second kappa shape index (κ2) is 6.10. The summed E-state index contributed by atoms with van der Waals surface area (Å²) in [4.78, 5) is 11.4. The van der Waals surface area contributed by atoms with Crippen molar-refractivity contribution in [2.75, 3.05) is 0 Å². The van der Waals surface area contributed by atoms with Crippen molar-refractivity contribution >= 4 is 28.6 Å². The van der Waals surface area contributed by atoms with E-state index in [0.29, 0.717) is 6.42 Å². The number of ether oxygens (including phenoxy) is 1. The molecule has 0 radical (unpaired) electrons. The Morgan fingerprint density at radius 2 is 2.00 bits per heavy atom. The number of rotatable bonds is 4. The Bertz CT molecular complexity index is 319. The van der Waals surface area contributed by atoms with Gasteiger partial charge in [0.15, 0.2) is 0 Å². The molecule has 0 heterocycles. The highest BCUT2D eigenvalue weighted by atomic mass is 127. The van der Waals surface area contributed by atoms with Crippen molar-refractivity contribution in [3.05, 3.63) is 33.4 Å². The molecule has 15 heavy (non-hydrogen) atoms. The quantitative estimate of drug-likeness (QED) is 0.630. The Balaban J connectivity index is 2.48. The van der Waals surface area contributed by atoms with Crippen molar-refractivity contribution in [3.8, 4) is 0 Å². The first-order chi connectivity index (χ1) is 7.11. The fourth-order valence-corrected chi connectivity index (χ4v) is 1.48. The summed E-state index contributed by atoms with van der Waals surface area (Å²) in [5.74, 6) is -0.148. The van der Waals surface area contributed by atoms with Gasteiger partial charge < -0.3 is 4.74 Å². The molecule has 0 amide bonds. The highest BCUT2D eigenvalue weighted by Gasteiger charge is 2.08. The molecule has 0 spiro atoms. The molecule has 1 unspecified atom stereocenters. The molecular weight excluding hydrogens is 303 g/mol. The molecule has 3 heteroatoms. The van der Waals surface area contributed by atoms with Gasteiger partial charge in [0.05, 0.1) is 12.5 Å². The third-order valence-corrected chi connectivity index (χ3v) is 2.89. The predicted molar refractivity (Wildman–Crippen MR) is 68.7 cm³/mol. The van der Waals surface area contributed by atoms with Crippen LogP contribution in [0, 0.1) is 3.57 Å². The topological polar surface area (TPSA) is 26.3 Å². The lowest BCUT2D eigenvalue weighted by Crippen LogP contribution is -2.15. The minimum atomic E-state index is -0.148. The maximum absolute atomic E-state index is 11.4. The molecule has 0 saturated carbocycles. The van der Waals surface area contributed by atoms with Gasteiger partial charge in [0, 0.05) is 3.57 Å². The molecule has 0 saturated heterocycles. The molecule has 2 nitrogen and oxygen atoms in total. The van der Waals surface area contributed by atoms with E-state index in [1.54, 1.807) is 0 Å². The van der Waals surface area contributed by atoms with Gasteiger partial charge in [0.1, 0.15) is 0 Å². The number of halogens is 1. The smallest absolute Gasteiger partial charge is 0.310 e. The van der Waals surface area contributed by atoms with Gasteiger partial charge in [-0.1, -0.05) is 19.1 Å². The maximum Gasteiger partial charge on any atom is 0.310 e. The molecule has 0 aliphatic carbocycles. The molecule has 0 bridgehead atoms. The number of carbonyl (C=O) groups excluding carboxylic acids is 1. The number of esters is 1. The van der Waals surface area contributed by atoms with Crippen LogP contribution in [0.3, 0.4) is 0 Å². The first kappa shape index (κ1) is 12.5. The van der Waals surface area contributed by atoms with E-state index in [1.165, 1.54) is 3.57 Å². The van der Waals surface area contributed by atoms with Gasteiger partial charge in [-0.2, -0.15) is 0 Å². The zero-order valence-corrected chi connectivity index (χ0v) is 11.2. The normalized spacial score (nSPS) is 12.2. The largest absolute Gasteiger partial charge is 0.462 e. The van der Waals surface area contributed by atoms with Crippen LogP contribution in [0.1, 0.15) is 25.8 Å². The lowest BCUT2D eigenvalue weighted by atomic mass is 10.1. The minimum absolute atomic E-state index is 0.0151. The summed E-state index contributed by atoms with van der Waals surface area (Å²) in [6, 6.07) is 7.90. The van der Waals surface area contributed by atoms with Crippen LogP contribution < -0.4 is 0 Å². The summed E-state index contributed by atoms with van der Waals surface area (Å²) in [6.07, 6.45) is 1.24. The van der Waals surface area contributed by atoms with Gasteiger partial charge in [0.25, 0.3) is 0 Å². The van der Waals surface area contributed by atoms with Crippen LogP contribution in [0.25, 0.3) is 0 Å². The van der Waals surface area contributed by atoms with E-state index in [4.69, 9.17) is 4.74 Å². The average Bonchev–Trinajstić information content (AvgIpc) is 2.21. The zero-order chi connectivity index (χ0) is 11.3. The highest BCUT2D eigenvalue weighted by Crippen LogP contribution is 2.08. The SMILES string of the molecule is CCC(C)OC(=O)Cc1ccc(I)cc1. The lowest BCUT2D eigenvalue weighted by molar-refractivity contribution is -0.147. The lowest BCUT2D eigenvalue weighted by Gasteiger charge is -2.10. The van der Waals surface area contributed by atoms with E-state index in [-0.39, 0.29) is 12.1 Å². The Labute approximate surface area is 104 Å². The number of benzene rings is 1. The second-order valence-electron chi connectivity index (χ2n) is 3.51. The van der Waals surface area contributed by atoms with Crippen molar-refractivity contribution in [2.45, 2.75) is 32.8 Å². The van der Waals surface area contributed by atoms with Gasteiger partial charge in [0.2, 0.25) is 0 Å². The molecule has 0 N–H and O–H groups in total. The summed E-state index contributed by atoms with van der Waals surface area (Å²) >= 11 is 2.24. The molecular formula is C12H15IO2. The van der Waals surface area contributed by atoms with Crippen molar-refractivity contribution in [1.29, 1.82) is 0 Å². The molecule has 0 fully saturated rings. The highest BCUT2D eigenvalue weighted by molar-refractivity contribution is 14.1. The monoisotopic (exact) mass is 318 g/mol. The van der Waals surface area contributed by atoms with Crippen LogP contribution in [0.5, 0.6) is 0 Å². The predicted octanol–water partition coefficient (Wildman–Crippen LogP) is 3.18. The number of hydrogen-bond donors (Lipinski definition) is 0. The Kier molecular flexibility index (Phi) is 5.08. The summed E-state index contributed by atoms with van der Waals surface area (Å²) in [5.41, 5.74) is 1.00. The van der Waals surface area contributed by atoms with Gasteiger partial charge in [-0.15, -0.1) is 0 Å². The molecule has 0 aromatic heterocycles. The Morgan fingerprint density at radius 1 is 1.40 bits per heavy atom. The Morgan fingerprint density at radius 3 is 2.53 bits per heavy atom. The molecule has 82 valence electrons. The first-order valence-electron chi connectivity index (χ1n) is 5.05.